The third-order valence-corrected chi connectivity index (χ3v) is 6.42. The van der Waals surface area contributed by atoms with Crippen LogP contribution in [0.15, 0.2) is 83.1 Å². The van der Waals surface area contributed by atoms with Crippen LogP contribution in [0.5, 0.6) is 0 Å². The molecule has 0 spiro atoms. The van der Waals surface area contributed by atoms with Gasteiger partial charge in [0.1, 0.15) is 6.61 Å². The lowest BCUT2D eigenvalue weighted by molar-refractivity contribution is -0.139. The standard InChI is InChI=1S/C27H22N4O3S/c1-18-8-10-20(11-9-18)26-21(15-30(29-26)23-6-4-3-5-7-23)12-13-25(33)34-16-22-14-24(32)31-19(2)17-35-27(31)28-22/h3-15,17H,16H2,1-2H3/b13-12+. The molecule has 0 aliphatic rings. The largest absolute Gasteiger partial charge is 0.456 e. The van der Waals surface area contributed by atoms with E-state index in [1.807, 2.05) is 80.0 Å². The lowest BCUT2D eigenvalue weighted by Crippen LogP contribution is -2.16. The molecule has 5 rings (SSSR count). The highest BCUT2D eigenvalue weighted by atomic mass is 32.1. The molecule has 0 aliphatic heterocycles. The second-order valence-corrected chi connectivity index (χ2v) is 8.94. The van der Waals surface area contributed by atoms with Gasteiger partial charge in [-0.1, -0.05) is 48.0 Å². The first kappa shape index (κ1) is 22.5. The van der Waals surface area contributed by atoms with Gasteiger partial charge in [-0.3, -0.25) is 9.20 Å². The summed E-state index contributed by atoms with van der Waals surface area (Å²) in [4.78, 5) is 29.8. The number of hydrogen-bond donors (Lipinski definition) is 0. The monoisotopic (exact) mass is 482 g/mol. The van der Waals surface area contributed by atoms with E-state index in [4.69, 9.17) is 9.84 Å². The normalized spacial score (nSPS) is 11.4. The highest BCUT2D eigenvalue weighted by Crippen LogP contribution is 2.25. The Labute approximate surface area is 205 Å². The Balaban J connectivity index is 1.37. The number of esters is 1. The molecule has 0 radical (unpaired) electrons. The zero-order valence-electron chi connectivity index (χ0n) is 19.2. The summed E-state index contributed by atoms with van der Waals surface area (Å²) in [5.74, 6) is -0.531. The lowest BCUT2D eigenvalue weighted by atomic mass is 10.1. The van der Waals surface area contributed by atoms with Gasteiger partial charge in [-0.15, -0.1) is 11.3 Å². The van der Waals surface area contributed by atoms with Crippen LogP contribution < -0.4 is 5.56 Å². The highest BCUT2D eigenvalue weighted by molar-refractivity contribution is 7.15. The second-order valence-electron chi connectivity index (χ2n) is 8.10. The van der Waals surface area contributed by atoms with E-state index in [0.29, 0.717) is 10.7 Å². The Morgan fingerprint density at radius 1 is 1.09 bits per heavy atom. The van der Waals surface area contributed by atoms with Crippen LogP contribution in [0, 0.1) is 13.8 Å². The Morgan fingerprint density at radius 3 is 2.63 bits per heavy atom. The first-order valence-electron chi connectivity index (χ1n) is 11.0. The molecule has 0 atom stereocenters. The molecule has 0 unspecified atom stereocenters. The van der Waals surface area contributed by atoms with Crippen molar-refractivity contribution >= 4 is 28.3 Å². The number of hydrogen-bond acceptors (Lipinski definition) is 6. The minimum Gasteiger partial charge on any atom is -0.456 e. The Hall–Kier alpha value is -4.30. The van der Waals surface area contributed by atoms with Crippen molar-refractivity contribution < 1.29 is 9.53 Å². The van der Waals surface area contributed by atoms with E-state index in [2.05, 4.69) is 4.98 Å². The number of aryl methyl sites for hydroxylation is 2. The van der Waals surface area contributed by atoms with Crippen molar-refractivity contribution in [3.63, 3.8) is 0 Å². The van der Waals surface area contributed by atoms with Gasteiger partial charge < -0.3 is 4.74 Å². The highest BCUT2D eigenvalue weighted by Gasteiger charge is 2.12. The van der Waals surface area contributed by atoms with E-state index in [1.54, 1.807) is 10.8 Å². The average molecular weight is 483 g/mol. The first-order chi connectivity index (χ1) is 17.0. The summed E-state index contributed by atoms with van der Waals surface area (Å²) in [6.07, 6.45) is 4.94. The molecule has 174 valence electrons. The van der Waals surface area contributed by atoms with Crippen LogP contribution >= 0.6 is 11.3 Å². The Kier molecular flexibility index (Phi) is 6.12. The average Bonchev–Trinajstić information content (AvgIpc) is 3.46. The third-order valence-electron chi connectivity index (χ3n) is 5.48. The fourth-order valence-electron chi connectivity index (χ4n) is 3.68. The molecule has 0 saturated carbocycles. The number of nitrogens with zero attached hydrogens (tertiary/aromatic N) is 4. The number of ether oxygens (including phenoxy) is 1. The number of benzene rings is 2. The van der Waals surface area contributed by atoms with E-state index in [1.165, 1.54) is 27.9 Å². The molecule has 0 N–H and O–H groups in total. The fraction of sp³-hybridized carbons (Fsp3) is 0.111. The number of rotatable bonds is 6. The maximum atomic E-state index is 12.5. The van der Waals surface area contributed by atoms with E-state index in [-0.39, 0.29) is 12.2 Å². The van der Waals surface area contributed by atoms with Crippen molar-refractivity contribution in [3.8, 4) is 16.9 Å². The lowest BCUT2D eigenvalue weighted by Gasteiger charge is -2.03. The predicted molar refractivity (Wildman–Crippen MR) is 137 cm³/mol. The predicted octanol–water partition coefficient (Wildman–Crippen LogP) is 4.98. The van der Waals surface area contributed by atoms with Crippen molar-refractivity contribution in [2.24, 2.45) is 0 Å². The van der Waals surface area contributed by atoms with Gasteiger partial charge in [-0.25, -0.2) is 14.5 Å². The van der Waals surface area contributed by atoms with Gasteiger partial charge in [0.05, 0.1) is 17.1 Å². The molecule has 0 saturated heterocycles. The molecule has 3 heterocycles. The molecule has 0 amide bonds. The van der Waals surface area contributed by atoms with E-state index in [0.717, 1.165) is 33.8 Å². The summed E-state index contributed by atoms with van der Waals surface area (Å²) >= 11 is 1.37. The summed E-state index contributed by atoms with van der Waals surface area (Å²) in [7, 11) is 0. The van der Waals surface area contributed by atoms with Crippen molar-refractivity contribution in [2.45, 2.75) is 20.5 Å². The molecule has 0 aliphatic carbocycles. The van der Waals surface area contributed by atoms with Gasteiger partial charge in [0.2, 0.25) is 0 Å². The Morgan fingerprint density at radius 2 is 1.86 bits per heavy atom. The van der Waals surface area contributed by atoms with Crippen LogP contribution in [0.25, 0.3) is 28.0 Å². The van der Waals surface area contributed by atoms with Crippen LogP contribution in [0.4, 0.5) is 0 Å². The number of aromatic nitrogens is 4. The van der Waals surface area contributed by atoms with Gasteiger partial charge in [0.15, 0.2) is 4.96 Å². The summed E-state index contributed by atoms with van der Waals surface area (Å²) in [5, 5.41) is 6.62. The fourth-order valence-corrected chi connectivity index (χ4v) is 4.57. The molecular formula is C27H22N4O3S. The maximum Gasteiger partial charge on any atom is 0.331 e. The Bertz CT molecular complexity index is 1600. The second kappa shape index (κ2) is 9.52. The quantitative estimate of drug-likeness (QED) is 0.252. The number of thiazole rings is 1. The number of carbonyl (C=O) groups is 1. The van der Waals surface area contributed by atoms with E-state index >= 15 is 0 Å². The SMILES string of the molecule is Cc1ccc(-c2nn(-c3ccccc3)cc2/C=C/C(=O)OCc2cc(=O)n3c(C)csc3n2)cc1. The van der Waals surface area contributed by atoms with E-state index < -0.39 is 5.97 Å². The first-order valence-corrected chi connectivity index (χ1v) is 11.9. The molecular weight excluding hydrogens is 460 g/mol. The number of carbonyl (C=O) groups excluding carboxylic acids is 1. The topological polar surface area (TPSA) is 78.5 Å². The number of para-hydroxylation sites is 1. The molecule has 35 heavy (non-hydrogen) atoms. The summed E-state index contributed by atoms with van der Waals surface area (Å²) in [6.45, 7) is 3.80. The summed E-state index contributed by atoms with van der Waals surface area (Å²) < 4.78 is 8.68. The molecule has 7 nitrogen and oxygen atoms in total. The zero-order chi connectivity index (χ0) is 24.4. The maximum absolute atomic E-state index is 12.5. The van der Waals surface area contributed by atoms with Crippen LogP contribution in [0.3, 0.4) is 0 Å². The van der Waals surface area contributed by atoms with Crippen LogP contribution in [-0.4, -0.2) is 25.1 Å². The van der Waals surface area contributed by atoms with E-state index in [9.17, 15) is 9.59 Å². The van der Waals surface area contributed by atoms with Crippen molar-refractivity contribution in [2.75, 3.05) is 0 Å². The van der Waals surface area contributed by atoms with Crippen molar-refractivity contribution in [3.05, 3.63) is 111 Å². The van der Waals surface area contributed by atoms with Crippen molar-refractivity contribution in [1.29, 1.82) is 0 Å². The minimum atomic E-state index is -0.531. The van der Waals surface area contributed by atoms with Gasteiger partial charge in [-0.05, 0) is 32.1 Å². The van der Waals surface area contributed by atoms with Crippen LogP contribution in [-0.2, 0) is 16.1 Å². The molecule has 0 bridgehead atoms. The van der Waals surface area contributed by atoms with Gasteiger partial charge in [-0.2, -0.15) is 5.10 Å². The molecule has 0 fully saturated rings. The zero-order valence-corrected chi connectivity index (χ0v) is 20.0. The van der Waals surface area contributed by atoms with Gasteiger partial charge >= 0.3 is 5.97 Å². The van der Waals surface area contributed by atoms with Gasteiger partial charge in [0, 0.05) is 40.5 Å². The summed E-state index contributed by atoms with van der Waals surface area (Å²) in [5.41, 5.74) is 5.60. The molecule has 5 aromatic rings. The third kappa shape index (κ3) is 4.83. The van der Waals surface area contributed by atoms with Crippen LogP contribution in [0.1, 0.15) is 22.5 Å². The van der Waals surface area contributed by atoms with Crippen LogP contribution in [0.2, 0.25) is 0 Å². The summed E-state index contributed by atoms with van der Waals surface area (Å²) in [6, 6.07) is 19.2. The molecule has 2 aromatic carbocycles. The minimum absolute atomic E-state index is 0.0834. The molecule has 3 aromatic heterocycles. The van der Waals surface area contributed by atoms with Gasteiger partial charge in [0.25, 0.3) is 5.56 Å². The van der Waals surface area contributed by atoms with Crippen molar-refractivity contribution in [1.82, 2.24) is 19.2 Å². The number of fused-ring (bicyclic) bond motifs is 1. The molecule has 8 heteroatoms. The smallest absolute Gasteiger partial charge is 0.331 e.